The van der Waals surface area contributed by atoms with E-state index in [0.717, 1.165) is 4.90 Å². The summed E-state index contributed by atoms with van der Waals surface area (Å²) in [5.74, 6) is -5.10. The Bertz CT molecular complexity index is 634. The number of aliphatic carboxylic acids is 1. The van der Waals surface area contributed by atoms with Gasteiger partial charge in [-0.1, -0.05) is 0 Å². The van der Waals surface area contributed by atoms with Gasteiger partial charge in [-0.2, -0.15) is 0 Å². The lowest BCUT2D eigenvalue weighted by atomic mass is 10.1. The van der Waals surface area contributed by atoms with Gasteiger partial charge >= 0.3 is 5.97 Å². The normalized spacial score (nSPS) is 17.8. The summed E-state index contributed by atoms with van der Waals surface area (Å²) in [5, 5.41) is 19.8. The smallest absolute Gasteiger partial charge is 0.326 e. The van der Waals surface area contributed by atoms with Crippen LogP contribution in [0.2, 0.25) is 0 Å². The molecule has 1 N–H and O–H groups in total. The standard InChI is InChI=1S/C12H10F2N2O5/c13-7-4-6(10(16(20)21)5-8(7)14)11(17)15-3-1-2-9(15)12(18)19/h4-5,9H,1-3H2,(H,18,19)/t9-/m0/s1. The summed E-state index contributed by atoms with van der Waals surface area (Å²) in [6.07, 6.45) is 0.624. The van der Waals surface area contributed by atoms with Crippen LogP contribution in [0.4, 0.5) is 14.5 Å². The minimum atomic E-state index is -1.45. The second kappa shape index (κ2) is 5.43. The van der Waals surface area contributed by atoms with Crippen LogP contribution in [0.1, 0.15) is 23.2 Å². The van der Waals surface area contributed by atoms with Crippen molar-refractivity contribution in [3.63, 3.8) is 0 Å². The molecule has 21 heavy (non-hydrogen) atoms. The second-order valence-corrected chi connectivity index (χ2v) is 4.54. The van der Waals surface area contributed by atoms with Gasteiger partial charge in [-0.3, -0.25) is 14.9 Å². The second-order valence-electron chi connectivity index (χ2n) is 4.54. The number of amides is 1. The lowest BCUT2D eigenvalue weighted by Crippen LogP contribution is -2.40. The van der Waals surface area contributed by atoms with Crippen LogP contribution >= 0.6 is 0 Å². The summed E-state index contributed by atoms with van der Waals surface area (Å²) in [5.41, 5.74) is -1.55. The summed E-state index contributed by atoms with van der Waals surface area (Å²) in [6, 6.07) is -0.383. The third-order valence-corrected chi connectivity index (χ3v) is 3.26. The molecule has 1 fully saturated rings. The van der Waals surface area contributed by atoms with Crippen LogP contribution in [0.3, 0.4) is 0 Å². The molecule has 2 rings (SSSR count). The van der Waals surface area contributed by atoms with E-state index in [0.29, 0.717) is 18.6 Å². The highest BCUT2D eigenvalue weighted by atomic mass is 19.2. The molecular formula is C12H10F2N2O5. The number of hydrogen-bond acceptors (Lipinski definition) is 4. The van der Waals surface area contributed by atoms with E-state index in [1.165, 1.54) is 0 Å². The number of halogens is 2. The molecule has 0 aromatic heterocycles. The monoisotopic (exact) mass is 300 g/mol. The third-order valence-electron chi connectivity index (χ3n) is 3.26. The molecule has 1 saturated heterocycles. The summed E-state index contributed by atoms with van der Waals surface area (Å²) < 4.78 is 26.3. The van der Waals surface area contributed by atoms with E-state index in [1.807, 2.05) is 0 Å². The highest BCUT2D eigenvalue weighted by Crippen LogP contribution is 2.27. The highest BCUT2D eigenvalue weighted by molar-refractivity contribution is 6.00. The van der Waals surface area contributed by atoms with Crippen molar-refractivity contribution in [1.82, 2.24) is 4.90 Å². The largest absolute Gasteiger partial charge is 0.480 e. The van der Waals surface area contributed by atoms with Gasteiger partial charge in [-0.15, -0.1) is 0 Å². The average molecular weight is 300 g/mol. The summed E-state index contributed by atoms with van der Waals surface area (Å²) >= 11 is 0. The Balaban J connectivity index is 2.45. The minimum Gasteiger partial charge on any atom is -0.480 e. The van der Waals surface area contributed by atoms with Crippen molar-refractivity contribution >= 4 is 17.6 Å². The van der Waals surface area contributed by atoms with Crippen LogP contribution in [0.5, 0.6) is 0 Å². The van der Waals surface area contributed by atoms with E-state index in [2.05, 4.69) is 0 Å². The quantitative estimate of drug-likeness (QED) is 0.674. The summed E-state index contributed by atoms with van der Waals surface area (Å²) in [4.78, 5) is 34.0. The van der Waals surface area contributed by atoms with Crippen molar-refractivity contribution in [2.45, 2.75) is 18.9 Å². The van der Waals surface area contributed by atoms with Gasteiger partial charge in [0.05, 0.1) is 11.0 Å². The lowest BCUT2D eigenvalue weighted by molar-refractivity contribution is -0.385. The molecule has 1 aromatic carbocycles. The Labute approximate surface area is 116 Å². The maximum absolute atomic E-state index is 13.2. The van der Waals surface area contributed by atoms with Crippen LogP contribution in [0, 0.1) is 21.7 Å². The van der Waals surface area contributed by atoms with E-state index >= 15 is 0 Å². The van der Waals surface area contributed by atoms with Gasteiger partial charge in [0.1, 0.15) is 11.6 Å². The topological polar surface area (TPSA) is 101 Å². The first kappa shape index (κ1) is 14.8. The molecule has 1 amide bonds. The first-order chi connectivity index (χ1) is 9.82. The Morgan fingerprint density at radius 2 is 1.95 bits per heavy atom. The van der Waals surface area contributed by atoms with Crippen molar-refractivity contribution in [2.24, 2.45) is 0 Å². The number of nitro groups is 1. The molecule has 7 nitrogen and oxygen atoms in total. The van der Waals surface area contributed by atoms with Gasteiger partial charge < -0.3 is 10.0 Å². The first-order valence-electron chi connectivity index (χ1n) is 6.00. The van der Waals surface area contributed by atoms with E-state index < -0.39 is 45.7 Å². The zero-order chi connectivity index (χ0) is 15.7. The first-order valence-corrected chi connectivity index (χ1v) is 6.00. The van der Waals surface area contributed by atoms with Crippen LogP contribution in [0.15, 0.2) is 12.1 Å². The van der Waals surface area contributed by atoms with E-state index in [9.17, 15) is 28.5 Å². The number of carboxylic acids is 1. The average Bonchev–Trinajstić information content (AvgIpc) is 2.89. The molecule has 0 unspecified atom stereocenters. The van der Waals surface area contributed by atoms with Crippen molar-refractivity contribution < 1.29 is 28.4 Å². The maximum atomic E-state index is 13.2. The number of rotatable bonds is 3. The molecule has 1 aliphatic rings. The molecule has 1 atom stereocenters. The van der Waals surface area contributed by atoms with Crippen molar-refractivity contribution in [2.75, 3.05) is 6.54 Å². The zero-order valence-corrected chi connectivity index (χ0v) is 10.6. The number of carboxylic acid groups (broad SMARTS) is 1. The Morgan fingerprint density at radius 3 is 2.52 bits per heavy atom. The molecule has 1 heterocycles. The fourth-order valence-electron chi connectivity index (χ4n) is 2.28. The predicted octanol–water partition coefficient (Wildman–Crippen LogP) is 1.56. The Morgan fingerprint density at radius 1 is 1.33 bits per heavy atom. The van der Waals surface area contributed by atoms with Crippen LogP contribution in [0.25, 0.3) is 0 Å². The molecule has 0 spiro atoms. The highest BCUT2D eigenvalue weighted by Gasteiger charge is 2.37. The molecule has 0 bridgehead atoms. The molecule has 0 saturated carbocycles. The number of carbonyl (C=O) groups excluding carboxylic acids is 1. The van der Waals surface area contributed by atoms with Crippen molar-refractivity contribution in [1.29, 1.82) is 0 Å². The van der Waals surface area contributed by atoms with Crippen molar-refractivity contribution in [3.05, 3.63) is 39.4 Å². The molecule has 1 aliphatic heterocycles. The van der Waals surface area contributed by atoms with Crippen LogP contribution in [-0.4, -0.2) is 39.4 Å². The fraction of sp³-hybridized carbons (Fsp3) is 0.333. The number of nitro benzene ring substituents is 1. The van der Waals surface area contributed by atoms with Crippen LogP contribution in [-0.2, 0) is 4.79 Å². The van der Waals surface area contributed by atoms with Gasteiger partial charge in [0.15, 0.2) is 11.6 Å². The predicted molar refractivity (Wildman–Crippen MR) is 64.7 cm³/mol. The molecule has 1 aromatic rings. The number of nitrogens with zero attached hydrogens (tertiary/aromatic N) is 2. The molecule has 9 heteroatoms. The van der Waals surface area contributed by atoms with Gasteiger partial charge in [-0.25, -0.2) is 13.6 Å². The number of likely N-dealkylation sites (tertiary alicyclic amines) is 1. The Kier molecular flexibility index (Phi) is 3.83. The number of hydrogen-bond donors (Lipinski definition) is 1. The van der Waals surface area contributed by atoms with E-state index in [1.54, 1.807) is 0 Å². The molecule has 112 valence electrons. The summed E-state index contributed by atoms with van der Waals surface area (Å²) in [7, 11) is 0. The number of benzene rings is 1. The van der Waals surface area contributed by atoms with E-state index in [-0.39, 0.29) is 13.0 Å². The van der Waals surface area contributed by atoms with Gasteiger partial charge in [0.2, 0.25) is 0 Å². The Hall–Kier alpha value is -2.58. The minimum absolute atomic E-state index is 0.0892. The summed E-state index contributed by atoms with van der Waals surface area (Å²) in [6.45, 7) is 0.0892. The fourth-order valence-corrected chi connectivity index (χ4v) is 2.28. The molecule has 0 radical (unpaired) electrons. The molecule has 0 aliphatic carbocycles. The SMILES string of the molecule is O=C(O)[C@@H]1CCCN1C(=O)c1cc(F)c(F)cc1[N+](=O)[O-]. The van der Waals surface area contributed by atoms with Crippen LogP contribution < -0.4 is 0 Å². The third kappa shape index (κ3) is 2.67. The van der Waals surface area contributed by atoms with E-state index in [4.69, 9.17) is 5.11 Å². The lowest BCUT2D eigenvalue weighted by Gasteiger charge is -2.21. The van der Waals surface area contributed by atoms with Gasteiger partial charge in [0, 0.05) is 6.54 Å². The number of carbonyl (C=O) groups is 2. The van der Waals surface area contributed by atoms with Gasteiger partial charge in [0.25, 0.3) is 11.6 Å². The van der Waals surface area contributed by atoms with Gasteiger partial charge in [-0.05, 0) is 18.9 Å². The van der Waals surface area contributed by atoms with Crippen molar-refractivity contribution in [3.8, 4) is 0 Å². The zero-order valence-electron chi connectivity index (χ0n) is 10.6. The maximum Gasteiger partial charge on any atom is 0.326 e. The molecular weight excluding hydrogens is 290 g/mol.